The number of benzene rings is 1. The van der Waals surface area contributed by atoms with Gasteiger partial charge >= 0.3 is 12.6 Å². The third kappa shape index (κ3) is 6.27. The van der Waals surface area contributed by atoms with Crippen molar-refractivity contribution in [3.05, 3.63) is 42.5 Å². The van der Waals surface area contributed by atoms with Crippen LogP contribution in [0.15, 0.2) is 36.7 Å². The Hall–Kier alpha value is -2.74. The second-order valence-electron chi connectivity index (χ2n) is 9.74. The number of nitrogens with one attached hydrogen (secondary N) is 1. The van der Waals surface area contributed by atoms with Crippen molar-refractivity contribution in [1.82, 2.24) is 24.6 Å². The molecule has 4 rings (SSSR count). The smallest absolute Gasteiger partial charge is 0.323 e. The molecule has 2 aromatic heterocycles. The van der Waals surface area contributed by atoms with Crippen LogP contribution in [0, 0.1) is 6.92 Å². The maximum absolute atomic E-state index is 16.1. The number of rotatable bonds is 11. The largest absolute Gasteiger partial charge is 0.465 e. The van der Waals surface area contributed by atoms with E-state index in [2.05, 4.69) is 20.0 Å². The van der Waals surface area contributed by atoms with Crippen molar-refractivity contribution in [3.63, 3.8) is 0 Å². The van der Waals surface area contributed by atoms with Crippen molar-refractivity contribution in [2.24, 2.45) is 0 Å². The Bertz CT molecular complexity index is 1390. The minimum Gasteiger partial charge on any atom is -0.465 e. The van der Waals surface area contributed by atoms with Gasteiger partial charge in [-0.15, -0.1) is 0 Å². The van der Waals surface area contributed by atoms with Crippen LogP contribution in [0.2, 0.25) is 0 Å². The second kappa shape index (κ2) is 12.0. The monoisotopic (exact) mass is 596 g/mol. The molecule has 218 valence electrons. The lowest BCUT2D eigenvalue weighted by molar-refractivity contribution is -0.144. The Morgan fingerprint density at radius 2 is 2.05 bits per heavy atom. The van der Waals surface area contributed by atoms with Gasteiger partial charge in [-0.25, -0.2) is 24.4 Å². The average molecular weight is 597 g/mol. The first-order valence-corrected chi connectivity index (χ1v) is 15.3. The molecule has 0 bridgehead atoms. The molecule has 1 saturated heterocycles. The van der Waals surface area contributed by atoms with Crippen LogP contribution in [0.25, 0.3) is 11.2 Å². The minimum atomic E-state index is -3.42. The summed E-state index contributed by atoms with van der Waals surface area (Å²) in [6, 6.07) is 7.85. The highest BCUT2D eigenvalue weighted by atomic mass is 32.5. The molecule has 15 heteroatoms. The van der Waals surface area contributed by atoms with E-state index in [1.54, 1.807) is 49.9 Å². The summed E-state index contributed by atoms with van der Waals surface area (Å²) in [6.45, 7) is 2.68. The van der Waals surface area contributed by atoms with Gasteiger partial charge in [0.2, 0.25) is 0 Å². The number of imidazole rings is 1. The highest BCUT2D eigenvalue weighted by molar-refractivity contribution is 8.09. The van der Waals surface area contributed by atoms with Crippen LogP contribution in [0.5, 0.6) is 5.75 Å². The van der Waals surface area contributed by atoms with Crippen LogP contribution in [0.3, 0.4) is 0 Å². The van der Waals surface area contributed by atoms with E-state index in [-0.39, 0.29) is 13.2 Å². The van der Waals surface area contributed by atoms with Crippen LogP contribution in [0.1, 0.15) is 32.8 Å². The summed E-state index contributed by atoms with van der Waals surface area (Å²) in [5.41, 5.74) is -1.41. The molecule has 1 fully saturated rings. The zero-order chi connectivity index (χ0) is 29.2. The Balaban J connectivity index is 1.58. The molecule has 6 atom stereocenters. The van der Waals surface area contributed by atoms with Gasteiger partial charge in [0.1, 0.15) is 29.8 Å². The number of aryl methyl sites for hydroxylation is 1. The highest BCUT2D eigenvalue weighted by Gasteiger charge is 2.56. The van der Waals surface area contributed by atoms with E-state index in [0.717, 1.165) is 0 Å². The molecule has 0 aliphatic carbocycles. The van der Waals surface area contributed by atoms with Gasteiger partial charge in [0.15, 0.2) is 28.9 Å². The zero-order valence-electron chi connectivity index (χ0n) is 23.1. The third-order valence-corrected chi connectivity index (χ3v) is 8.78. The van der Waals surface area contributed by atoms with Crippen molar-refractivity contribution < 1.29 is 32.8 Å². The number of para-hydroxylation sites is 1. The average Bonchev–Trinajstić information content (AvgIpc) is 3.40. The lowest BCUT2D eigenvalue weighted by atomic mass is 9.98. The van der Waals surface area contributed by atoms with E-state index in [0.29, 0.717) is 28.6 Å². The number of anilines is 1. The Labute approximate surface area is 237 Å². The number of hydrogen-bond donors (Lipinski definition) is 2. The fraction of sp³-hybridized carbons (Fsp3) is 0.520. The number of fused-ring (bicyclic) bond motifs is 1. The number of ether oxygens (including phenoxy) is 2. The van der Waals surface area contributed by atoms with Crippen LogP contribution in [0.4, 0.5) is 10.2 Å². The molecule has 40 heavy (non-hydrogen) atoms. The maximum atomic E-state index is 16.1. The summed E-state index contributed by atoms with van der Waals surface area (Å²) in [6.07, 6.45) is -2.58. The van der Waals surface area contributed by atoms with Crippen molar-refractivity contribution >= 4 is 41.4 Å². The number of halogens is 1. The molecule has 1 aliphatic heterocycles. The van der Waals surface area contributed by atoms with E-state index in [9.17, 15) is 9.90 Å². The van der Waals surface area contributed by atoms with Crippen molar-refractivity contribution in [2.75, 3.05) is 32.2 Å². The highest BCUT2D eigenvalue weighted by Crippen LogP contribution is 2.48. The van der Waals surface area contributed by atoms with Crippen LogP contribution >= 0.6 is 6.64 Å². The molecule has 1 aromatic carbocycles. The van der Waals surface area contributed by atoms with Gasteiger partial charge in [-0.3, -0.25) is 9.36 Å². The summed E-state index contributed by atoms with van der Waals surface area (Å²) in [5, 5.41) is 13.9. The van der Waals surface area contributed by atoms with Crippen molar-refractivity contribution in [2.45, 2.75) is 57.8 Å². The third-order valence-electron chi connectivity index (χ3n) is 6.28. The van der Waals surface area contributed by atoms with Crippen LogP contribution in [-0.2, 0) is 30.6 Å². The molecular weight excluding hydrogens is 562 g/mol. The number of aliphatic hydroxyl groups excluding tert-OH is 1. The normalized spacial score (nSPS) is 24.9. The van der Waals surface area contributed by atoms with Crippen molar-refractivity contribution in [3.8, 4) is 5.75 Å². The Morgan fingerprint density at radius 1 is 1.35 bits per heavy atom. The number of carbonyl (C=O) groups is 1. The molecule has 2 N–H and O–H groups in total. The molecule has 3 heterocycles. The SMILES string of the molecule is CCOC(=O)[C@H](C)N[P@@](=S)(OC[C@H]1O[C@@H](n2cnc3c(N(C)C)nc(C)nc32)[C@](C)(F)[C@@H]1O)Oc1ccccc1. The van der Waals surface area contributed by atoms with Gasteiger partial charge in [-0.2, -0.15) is 0 Å². The predicted octanol–water partition coefficient (Wildman–Crippen LogP) is 3.05. The quantitative estimate of drug-likeness (QED) is 0.249. The molecule has 0 amide bonds. The Kier molecular flexibility index (Phi) is 9.08. The summed E-state index contributed by atoms with van der Waals surface area (Å²) in [4.78, 5) is 27.3. The van der Waals surface area contributed by atoms with Gasteiger partial charge in [0.05, 0.1) is 19.5 Å². The summed E-state index contributed by atoms with van der Waals surface area (Å²) in [7, 11) is 3.64. The van der Waals surface area contributed by atoms with E-state index in [1.165, 1.54) is 17.8 Å². The van der Waals surface area contributed by atoms with E-state index in [1.807, 2.05) is 20.2 Å². The molecule has 0 radical (unpaired) electrons. The lowest BCUT2D eigenvalue weighted by Gasteiger charge is -2.28. The van der Waals surface area contributed by atoms with Gasteiger partial charge in [0, 0.05) is 14.1 Å². The fourth-order valence-corrected chi connectivity index (χ4v) is 6.70. The molecule has 1 aliphatic rings. The van der Waals surface area contributed by atoms with E-state index >= 15 is 4.39 Å². The second-order valence-corrected chi connectivity index (χ2v) is 12.9. The van der Waals surface area contributed by atoms with Gasteiger partial charge in [-0.05, 0) is 51.6 Å². The zero-order valence-corrected chi connectivity index (χ0v) is 24.9. The number of aromatic nitrogens is 4. The van der Waals surface area contributed by atoms with E-state index < -0.39 is 42.8 Å². The summed E-state index contributed by atoms with van der Waals surface area (Å²) >= 11 is 5.70. The number of esters is 1. The standard InChI is InChI=1S/C25H34FN6O6PS/c1-7-35-23(34)15(2)30-39(40,38-17-11-9-8-10-12-17)36-13-18-20(33)25(4,26)24(37-18)32-14-27-19-21(31(5)6)28-16(3)29-22(19)32/h8-12,14-15,18,20,24,33H,7,13H2,1-6H3,(H,30,40)/t15-,18+,20+,24+,25+,39+/m0/s1. The molecular formula is C25H34FN6O6PS. The lowest BCUT2D eigenvalue weighted by Crippen LogP contribution is -2.41. The van der Waals surface area contributed by atoms with Crippen LogP contribution < -0.4 is 14.5 Å². The molecule has 0 saturated carbocycles. The first-order valence-electron chi connectivity index (χ1n) is 12.7. The van der Waals surface area contributed by atoms with Gasteiger partial charge in [0.25, 0.3) is 0 Å². The number of alkyl halides is 1. The van der Waals surface area contributed by atoms with E-state index in [4.69, 9.17) is 30.3 Å². The van der Waals surface area contributed by atoms with Gasteiger partial charge in [-0.1, -0.05) is 18.2 Å². The van der Waals surface area contributed by atoms with Gasteiger partial charge < -0.3 is 28.5 Å². The number of aliphatic hydroxyl groups is 1. The molecule has 0 unspecified atom stereocenters. The first kappa shape index (κ1) is 30.2. The summed E-state index contributed by atoms with van der Waals surface area (Å²) in [5.74, 6) is 0.914. The number of carbonyl (C=O) groups excluding carboxylic acids is 1. The molecule has 12 nitrogen and oxygen atoms in total. The fourth-order valence-electron chi connectivity index (χ4n) is 4.28. The number of hydrogen-bond acceptors (Lipinski definition) is 11. The van der Waals surface area contributed by atoms with Crippen molar-refractivity contribution in [1.29, 1.82) is 0 Å². The maximum Gasteiger partial charge on any atom is 0.323 e. The Morgan fingerprint density at radius 3 is 2.70 bits per heavy atom. The summed E-state index contributed by atoms with van der Waals surface area (Å²) < 4.78 is 40.6. The van der Waals surface area contributed by atoms with Crippen LogP contribution in [-0.4, -0.2) is 81.8 Å². The predicted molar refractivity (Wildman–Crippen MR) is 150 cm³/mol. The number of nitrogens with zero attached hydrogens (tertiary/aromatic N) is 5. The minimum absolute atomic E-state index is 0.191. The first-order chi connectivity index (χ1) is 18.9. The topological polar surface area (TPSA) is 133 Å². The molecule has 0 spiro atoms. The molecule has 3 aromatic rings.